The number of benzene rings is 1. The average Bonchev–Trinajstić information content (AvgIpc) is 2.67. The molecule has 0 unspecified atom stereocenters. The highest BCUT2D eigenvalue weighted by molar-refractivity contribution is 7.09. The molecule has 0 aliphatic heterocycles. The first kappa shape index (κ1) is 11.2. The Morgan fingerprint density at radius 3 is 2.88 bits per heavy atom. The lowest BCUT2D eigenvalue weighted by Crippen LogP contribution is -1.89. The third kappa shape index (κ3) is 2.25. The quantitative estimate of drug-likeness (QED) is 0.823. The molecule has 5 heteroatoms. The second-order valence-corrected chi connectivity index (χ2v) is 4.13. The van der Waals surface area contributed by atoms with Crippen LogP contribution in [0.5, 0.6) is 0 Å². The predicted molar refractivity (Wildman–Crippen MR) is 58.2 cm³/mol. The molecule has 0 fully saturated rings. The van der Waals surface area contributed by atoms with Gasteiger partial charge in [0.25, 0.3) is 0 Å². The van der Waals surface area contributed by atoms with Crippen LogP contribution in [0, 0.1) is 11.6 Å². The number of ether oxygens (including phenoxy) is 1. The summed E-state index contributed by atoms with van der Waals surface area (Å²) < 4.78 is 31.1. The molecular weight excluding hydrogens is 232 g/mol. The van der Waals surface area contributed by atoms with E-state index in [1.54, 1.807) is 12.5 Å². The van der Waals surface area contributed by atoms with Gasteiger partial charge in [0.1, 0.15) is 16.6 Å². The van der Waals surface area contributed by atoms with Gasteiger partial charge in [0.15, 0.2) is 0 Å². The summed E-state index contributed by atoms with van der Waals surface area (Å²) in [5, 5.41) is 2.49. The van der Waals surface area contributed by atoms with Crippen LogP contribution in [-0.2, 0) is 11.3 Å². The van der Waals surface area contributed by atoms with Crippen molar-refractivity contribution in [2.75, 3.05) is 7.11 Å². The van der Waals surface area contributed by atoms with Crippen molar-refractivity contribution >= 4 is 11.3 Å². The van der Waals surface area contributed by atoms with E-state index in [0.717, 1.165) is 11.1 Å². The summed E-state index contributed by atoms with van der Waals surface area (Å²) in [5.74, 6) is -1.19. The van der Waals surface area contributed by atoms with Crippen LogP contribution in [0.1, 0.15) is 5.01 Å². The molecule has 2 rings (SSSR count). The zero-order chi connectivity index (χ0) is 11.5. The summed E-state index contributed by atoms with van der Waals surface area (Å²) >= 11 is 1.39. The third-order valence-electron chi connectivity index (χ3n) is 2.03. The van der Waals surface area contributed by atoms with Crippen molar-refractivity contribution in [1.82, 2.24) is 4.98 Å². The SMILES string of the molecule is COCc1nc(-c2ccc(F)cc2F)cs1. The molecule has 0 radical (unpaired) electrons. The summed E-state index contributed by atoms with van der Waals surface area (Å²) in [5.41, 5.74) is 0.814. The first-order chi connectivity index (χ1) is 7.70. The molecule has 0 bridgehead atoms. The van der Waals surface area contributed by atoms with Crippen molar-refractivity contribution in [3.63, 3.8) is 0 Å². The molecule has 2 nitrogen and oxygen atoms in total. The van der Waals surface area contributed by atoms with Crippen molar-refractivity contribution in [2.45, 2.75) is 6.61 Å². The fourth-order valence-corrected chi connectivity index (χ4v) is 2.09. The smallest absolute Gasteiger partial charge is 0.135 e. The largest absolute Gasteiger partial charge is 0.378 e. The molecule has 0 spiro atoms. The van der Waals surface area contributed by atoms with Crippen LogP contribution in [0.3, 0.4) is 0 Å². The summed E-state index contributed by atoms with van der Waals surface area (Å²) in [7, 11) is 1.57. The number of methoxy groups -OCH3 is 1. The van der Waals surface area contributed by atoms with E-state index in [9.17, 15) is 8.78 Å². The van der Waals surface area contributed by atoms with Crippen LogP contribution < -0.4 is 0 Å². The van der Waals surface area contributed by atoms with Crippen molar-refractivity contribution in [3.8, 4) is 11.3 Å². The Morgan fingerprint density at radius 2 is 2.19 bits per heavy atom. The maximum Gasteiger partial charge on any atom is 0.135 e. The summed E-state index contributed by atoms with van der Waals surface area (Å²) in [6.07, 6.45) is 0. The first-order valence-electron chi connectivity index (χ1n) is 4.59. The van der Waals surface area contributed by atoms with E-state index in [4.69, 9.17) is 4.74 Å². The molecule has 0 saturated heterocycles. The summed E-state index contributed by atoms with van der Waals surface area (Å²) in [6.45, 7) is 0.396. The number of rotatable bonds is 3. The molecule has 16 heavy (non-hydrogen) atoms. The molecule has 0 amide bonds. The molecule has 84 valence electrons. The minimum atomic E-state index is -0.603. The van der Waals surface area contributed by atoms with Gasteiger partial charge in [-0.3, -0.25) is 0 Å². The lowest BCUT2D eigenvalue weighted by Gasteiger charge is -1.98. The topological polar surface area (TPSA) is 22.1 Å². The maximum atomic E-state index is 13.4. The minimum Gasteiger partial charge on any atom is -0.378 e. The van der Waals surface area contributed by atoms with E-state index in [-0.39, 0.29) is 0 Å². The zero-order valence-electron chi connectivity index (χ0n) is 8.54. The Morgan fingerprint density at radius 1 is 1.38 bits per heavy atom. The van der Waals surface area contributed by atoms with Crippen LogP contribution in [0.25, 0.3) is 11.3 Å². The Labute approximate surface area is 95.5 Å². The highest BCUT2D eigenvalue weighted by Gasteiger charge is 2.10. The van der Waals surface area contributed by atoms with Crippen LogP contribution in [0.15, 0.2) is 23.6 Å². The predicted octanol–water partition coefficient (Wildman–Crippen LogP) is 3.23. The van der Waals surface area contributed by atoms with E-state index in [1.165, 1.54) is 23.5 Å². The van der Waals surface area contributed by atoms with Crippen LogP contribution in [-0.4, -0.2) is 12.1 Å². The standard InChI is InChI=1S/C11H9F2NOS/c1-15-5-11-14-10(6-16-11)8-3-2-7(12)4-9(8)13/h2-4,6H,5H2,1H3. The van der Waals surface area contributed by atoms with Crippen molar-refractivity contribution in [2.24, 2.45) is 0 Å². The first-order valence-corrected chi connectivity index (χ1v) is 5.47. The maximum absolute atomic E-state index is 13.4. The number of nitrogens with zero attached hydrogens (tertiary/aromatic N) is 1. The van der Waals surface area contributed by atoms with E-state index in [2.05, 4.69) is 4.98 Å². The Balaban J connectivity index is 2.35. The van der Waals surface area contributed by atoms with E-state index in [1.807, 2.05) is 0 Å². The minimum absolute atomic E-state index is 0.306. The number of hydrogen-bond acceptors (Lipinski definition) is 3. The Bertz CT molecular complexity index is 498. The van der Waals surface area contributed by atoms with Crippen LogP contribution >= 0.6 is 11.3 Å². The molecule has 2 aromatic rings. The molecule has 0 aliphatic carbocycles. The van der Waals surface area contributed by atoms with Gasteiger partial charge in [0.2, 0.25) is 0 Å². The molecule has 0 saturated carbocycles. The average molecular weight is 241 g/mol. The zero-order valence-corrected chi connectivity index (χ0v) is 9.35. The van der Waals surface area contributed by atoms with Crippen molar-refractivity contribution < 1.29 is 13.5 Å². The fraction of sp³-hybridized carbons (Fsp3) is 0.182. The fourth-order valence-electron chi connectivity index (χ4n) is 1.32. The van der Waals surface area contributed by atoms with Crippen LogP contribution in [0.2, 0.25) is 0 Å². The monoisotopic (exact) mass is 241 g/mol. The molecule has 1 aromatic carbocycles. The van der Waals surface area contributed by atoms with Gasteiger partial charge in [-0.1, -0.05) is 0 Å². The van der Waals surface area contributed by atoms with Crippen molar-refractivity contribution in [1.29, 1.82) is 0 Å². The lowest BCUT2D eigenvalue weighted by atomic mass is 10.1. The van der Waals surface area contributed by atoms with Crippen LogP contribution in [0.4, 0.5) is 8.78 Å². The van der Waals surface area contributed by atoms with Gasteiger partial charge in [0.05, 0.1) is 12.3 Å². The molecular formula is C11H9F2NOS. The highest BCUT2D eigenvalue weighted by atomic mass is 32.1. The highest BCUT2D eigenvalue weighted by Crippen LogP contribution is 2.25. The number of hydrogen-bond donors (Lipinski definition) is 0. The van der Waals surface area contributed by atoms with Gasteiger partial charge >= 0.3 is 0 Å². The Kier molecular flexibility index (Phi) is 3.26. The number of aromatic nitrogens is 1. The second kappa shape index (κ2) is 4.67. The van der Waals surface area contributed by atoms with Gasteiger partial charge in [-0.05, 0) is 12.1 Å². The summed E-state index contributed by atoms with van der Waals surface area (Å²) in [4.78, 5) is 4.19. The molecule has 1 heterocycles. The van der Waals surface area contributed by atoms with Gasteiger partial charge in [-0.15, -0.1) is 11.3 Å². The van der Waals surface area contributed by atoms with E-state index >= 15 is 0 Å². The Hall–Kier alpha value is -1.33. The normalized spacial score (nSPS) is 10.7. The number of thiazole rings is 1. The van der Waals surface area contributed by atoms with E-state index < -0.39 is 11.6 Å². The van der Waals surface area contributed by atoms with Crippen molar-refractivity contribution in [3.05, 3.63) is 40.2 Å². The molecule has 0 N–H and O–H groups in total. The van der Waals surface area contributed by atoms with Gasteiger partial charge in [-0.2, -0.15) is 0 Å². The molecule has 0 atom stereocenters. The second-order valence-electron chi connectivity index (χ2n) is 3.18. The van der Waals surface area contributed by atoms with Gasteiger partial charge in [-0.25, -0.2) is 13.8 Å². The summed E-state index contributed by atoms with van der Waals surface area (Å²) in [6, 6.07) is 3.45. The molecule has 1 aromatic heterocycles. The van der Waals surface area contributed by atoms with Gasteiger partial charge < -0.3 is 4.74 Å². The number of halogens is 2. The van der Waals surface area contributed by atoms with Gasteiger partial charge in [0, 0.05) is 24.1 Å². The third-order valence-corrected chi connectivity index (χ3v) is 2.85. The lowest BCUT2D eigenvalue weighted by molar-refractivity contribution is 0.184. The molecule has 0 aliphatic rings. The van der Waals surface area contributed by atoms with E-state index in [0.29, 0.717) is 17.9 Å².